The molecule has 0 atom stereocenters. The van der Waals surface area contributed by atoms with E-state index in [0.29, 0.717) is 49.7 Å². The fourth-order valence-corrected chi connectivity index (χ4v) is 6.15. The van der Waals surface area contributed by atoms with Gasteiger partial charge in [-0.05, 0) is 17.9 Å². The predicted octanol–water partition coefficient (Wildman–Crippen LogP) is 1.89. The van der Waals surface area contributed by atoms with Crippen LogP contribution in [-0.4, -0.2) is 55.5 Å². The van der Waals surface area contributed by atoms with Gasteiger partial charge in [0.25, 0.3) is 10.0 Å². The molecule has 0 saturated carbocycles. The Hall–Kier alpha value is -0.960. The molecule has 1 aromatic rings. The minimum Gasteiger partial charge on any atom is -0.358 e. The number of carbonyl (C=O) groups excluding carboxylic acids is 1. The van der Waals surface area contributed by atoms with Crippen molar-refractivity contribution < 1.29 is 17.9 Å². The van der Waals surface area contributed by atoms with Gasteiger partial charge in [-0.1, -0.05) is 13.0 Å². The Morgan fingerprint density at radius 3 is 2.70 bits per heavy atom. The third kappa shape index (κ3) is 3.05. The van der Waals surface area contributed by atoms with Crippen LogP contribution >= 0.6 is 11.3 Å². The summed E-state index contributed by atoms with van der Waals surface area (Å²) >= 11 is 1.23. The predicted molar refractivity (Wildman–Crippen MR) is 87.6 cm³/mol. The topological polar surface area (TPSA) is 66.9 Å². The maximum absolute atomic E-state index is 12.9. The van der Waals surface area contributed by atoms with E-state index in [1.807, 2.05) is 11.8 Å². The average Bonchev–Trinajstić information content (AvgIpc) is 3.19. The number of rotatable bonds is 4. The molecule has 3 heterocycles. The summed E-state index contributed by atoms with van der Waals surface area (Å²) < 4.78 is 33.5. The number of nitrogens with zero attached hydrogens (tertiary/aromatic N) is 2. The molecule has 0 aromatic carbocycles. The van der Waals surface area contributed by atoms with Crippen LogP contribution in [0, 0.1) is 0 Å². The maximum atomic E-state index is 12.9. The molecule has 0 unspecified atom stereocenters. The summed E-state index contributed by atoms with van der Waals surface area (Å²) in [5.41, 5.74) is -0.786. The first-order valence-electron chi connectivity index (χ1n) is 7.98. The van der Waals surface area contributed by atoms with Crippen molar-refractivity contribution in [1.29, 1.82) is 0 Å². The van der Waals surface area contributed by atoms with Crippen molar-refractivity contribution in [2.45, 2.75) is 42.5 Å². The van der Waals surface area contributed by atoms with Gasteiger partial charge in [-0.3, -0.25) is 4.79 Å². The molecule has 1 amide bonds. The van der Waals surface area contributed by atoms with Crippen molar-refractivity contribution in [3.63, 3.8) is 0 Å². The molecule has 0 bridgehead atoms. The molecule has 2 aliphatic heterocycles. The highest BCUT2D eigenvalue weighted by Gasteiger charge is 2.51. The molecular weight excluding hydrogens is 336 g/mol. The number of hydrogen-bond acceptors (Lipinski definition) is 5. The Balaban J connectivity index is 1.77. The van der Waals surface area contributed by atoms with Gasteiger partial charge in [0.15, 0.2) is 0 Å². The Morgan fingerprint density at radius 2 is 2.09 bits per heavy atom. The molecule has 23 heavy (non-hydrogen) atoms. The summed E-state index contributed by atoms with van der Waals surface area (Å²) in [5, 5.41) is 1.77. The maximum Gasteiger partial charge on any atom is 0.255 e. The number of ether oxygens (including phenoxy) is 1. The normalized spacial score (nSPS) is 21.9. The van der Waals surface area contributed by atoms with Crippen LogP contribution in [0.15, 0.2) is 21.7 Å². The number of sulfonamides is 1. The zero-order chi connectivity index (χ0) is 16.5. The SMILES string of the molecule is CCCC(=O)N1CCC2(CC1)OCCN2S(=O)(=O)c1cccs1. The minimum absolute atomic E-state index is 0.146. The zero-order valence-electron chi connectivity index (χ0n) is 13.2. The van der Waals surface area contributed by atoms with Crippen LogP contribution in [0.3, 0.4) is 0 Å². The smallest absolute Gasteiger partial charge is 0.255 e. The summed E-state index contributed by atoms with van der Waals surface area (Å²) in [5.74, 6) is 0.146. The molecule has 0 aliphatic carbocycles. The van der Waals surface area contributed by atoms with E-state index in [1.165, 1.54) is 15.6 Å². The van der Waals surface area contributed by atoms with Crippen LogP contribution in [0.2, 0.25) is 0 Å². The number of amides is 1. The molecule has 0 radical (unpaired) electrons. The fraction of sp³-hybridized carbons (Fsp3) is 0.667. The molecule has 2 aliphatic rings. The monoisotopic (exact) mass is 358 g/mol. The number of likely N-dealkylation sites (tertiary alicyclic amines) is 1. The standard InChI is InChI=1S/C15H22N2O4S2/c1-2-4-13(18)16-8-6-15(7-9-16)17(10-11-21-15)23(19,20)14-5-3-12-22-14/h3,5,12H,2,4,6-11H2,1H3. The molecule has 2 fully saturated rings. The Morgan fingerprint density at radius 1 is 1.35 bits per heavy atom. The largest absolute Gasteiger partial charge is 0.358 e. The van der Waals surface area contributed by atoms with Crippen LogP contribution < -0.4 is 0 Å². The molecule has 3 rings (SSSR count). The first-order valence-corrected chi connectivity index (χ1v) is 10.3. The van der Waals surface area contributed by atoms with Crippen LogP contribution in [0.4, 0.5) is 0 Å². The molecule has 8 heteroatoms. The van der Waals surface area contributed by atoms with Gasteiger partial charge in [0.1, 0.15) is 9.93 Å². The second kappa shape index (κ2) is 6.51. The van der Waals surface area contributed by atoms with E-state index in [1.54, 1.807) is 17.5 Å². The lowest BCUT2D eigenvalue weighted by atomic mass is 10.0. The van der Waals surface area contributed by atoms with Gasteiger partial charge in [0.2, 0.25) is 5.91 Å². The van der Waals surface area contributed by atoms with E-state index in [0.717, 1.165) is 6.42 Å². The molecule has 1 aromatic heterocycles. The lowest BCUT2D eigenvalue weighted by Gasteiger charge is -2.42. The van der Waals surface area contributed by atoms with Gasteiger partial charge < -0.3 is 9.64 Å². The lowest BCUT2D eigenvalue weighted by Crippen LogP contribution is -2.55. The van der Waals surface area contributed by atoms with Gasteiger partial charge in [-0.15, -0.1) is 11.3 Å². The summed E-state index contributed by atoms with van der Waals surface area (Å²) in [6, 6.07) is 3.37. The Kier molecular flexibility index (Phi) is 4.78. The van der Waals surface area contributed by atoms with E-state index < -0.39 is 15.7 Å². The van der Waals surface area contributed by atoms with Crippen molar-refractivity contribution in [3.05, 3.63) is 17.5 Å². The van der Waals surface area contributed by atoms with Crippen molar-refractivity contribution in [3.8, 4) is 0 Å². The van der Waals surface area contributed by atoms with Crippen LogP contribution in [0.5, 0.6) is 0 Å². The third-order valence-corrected chi connectivity index (χ3v) is 7.84. The lowest BCUT2D eigenvalue weighted by molar-refractivity contribution is -0.140. The molecule has 0 N–H and O–H groups in total. The van der Waals surface area contributed by atoms with Gasteiger partial charge >= 0.3 is 0 Å². The first kappa shape index (κ1) is 16.9. The van der Waals surface area contributed by atoms with Gasteiger partial charge in [0.05, 0.1) is 6.61 Å². The van der Waals surface area contributed by atoms with E-state index in [2.05, 4.69) is 0 Å². The minimum atomic E-state index is -3.53. The zero-order valence-corrected chi connectivity index (χ0v) is 14.9. The fourth-order valence-electron chi connectivity index (χ4n) is 3.32. The van der Waals surface area contributed by atoms with Crippen LogP contribution in [0.1, 0.15) is 32.6 Å². The van der Waals surface area contributed by atoms with E-state index in [9.17, 15) is 13.2 Å². The van der Waals surface area contributed by atoms with Crippen molar-refractivity contribution >= 4 is 27.3 Å². The number of thiophene rings is 1. The summed E-state index contributed by atoms with van der Waals surface area (Å²) in [6.07, 6.45) is 2.45. The molecule has 2 saturated heterocycles. The van der Waals surface area contributed by atoms with Gasteiger partial charge in [-0.2, -0.15) is 4.31 Å². The Bertz CT molecular complexity index is 649. The quantitative estimate of drug-likeness (QED) is 0.824. The summed E-state index contributed by atoms with van der Waals surface area (Å²) in [4.78, 5) is 13.8. The van der Waals surface area contributed by atoms with E-state index >= 15 is 0 Å². The molecule has 6 nitrogen and oxygen atoms in total. The average molecular weight is 358 g/mol. The van der Waals surface area contributed by atoms with Gasteiger partial charge in [-0.25, -0.2) is 8.42 Å². The summed E-state index contributed by atoms with van der Waals surface area (Å²) in [6.45, 7) is 3.87. The third-order valence-electron chi connectivity index (χ3n) is 4.52. The second-order valence-electron chi connectivity index (χ2n) is 5.93. The van der Waals surface area contributed by atoms with Crippen molar-refractivity contribution in [1.82, 2.24) is 9.21 Å². The van der Waals surface area contributed by atoms with E-state index in [-0.39, 0.29) is 5.91 Å². The Labute approximate surface area is 141 Å². The highest BCUT2D eigenvalue weighted by atomic mass is 32.2. The summed E-state index contributed by atoms with van der Waals surface area (Å²) in [7, 11) is -3.53. The second-order valence-corrected chi connectivity index (χ2v) is 8.97. The molecule has 1 spiro atoms. The molecular formula is C15H22N2O4S2. The highest BCUT2D eigenvalue weighted by molar-refractivity contribution is 7.91. The van der Waals surface area contributed by atoms with Crippen molar-refractivity contribution in [2.75, 3.05) is 26.2 Å². The van der Waals surface area contributed by atoms with Crippen LogP contribution in [0.25, 0.3) is 0 Å². The molecule has 128 valence electrons. The highest BCUT2D eigenvalue weighted by Crippen LogP contribution is 2.39. The van der Waals surface area contributed by atoms with Crippen molar-refractivity contribution in [2.24, 2.45) is 0 Å². The number of piperidine rings is 1. The number of hydrogen-bond donors (Lipinski definition) is 0. The number of carbonyl (C=O) groups is 1. The van der Waals surface area contributed by atoms with E-state index in [4.69, 9.17) is 4.74 Å². The van der Waals surface area contributed by atoms with Crippen LogP contribution in [-0.2, 0) is 19.6 Å². The van der Waals surface area contributed by atoms with Gasteiger partial charge in [0, 0.05) is 38.9 Å². The first-order chi connectivity index (χ1) is 11.0.